The largest absolute Gasteiger partial charge is 0.496 e. The minimum atomic E-state index is -0.203. The topological polar surface area (TPSA) is 70.8 Å². The molecule has 152 valence electrons. The maximum Gasteiger partial charge on any atom is 0.255 e. The van der Waals surface area contributed by atoms with E-state index in [2.05, 4.69) is 22.2 Å². The molecule has 1 aliphatic rings. The highest BCUT2D eigenvalue weighted by Crippen LogP contribution is 2.28. The molecule has 1 aromatic rings. The molecule has 0 aliphatic carbocycles. The van der Waals surface area contributed by atoms with Crippen molar-refractivity contribution in [2.45, 2.75) is 13.0 Å². The number of anilines is 1. The number of amides is 1. The Balaban J connectivity index is 0. The van der Waals surface area contributed by atoms with E-state index in [1.807, 2.05) is 6.92 Å². The van der Waals surface area contributed by atoms with Crippen LogP contribution in [-0.2, 0) is 0 Å². The maximum atomic E-state index is 12.5. The van der Waals surface area contributed by atoms with Crippen molar-refractivity contribution in [3.8, 4) is 5.75 Å². The van der Waals surface area contributed by atoms with Gasteiger partial charge >= 0.3 is 0 Å². The Kier molecular flexibility index (Phi) is 13.5. The minimum Gasteiger partial charge on any atom is -0.496 e. The number of nitrogens with zero attached hydrogens (tertiary/aromatic N) is 2. The number of benzene rings is 1. The molecule has 1 aliphatic heterocycles. The third-order valence-corrected chi connectivity index (χ3v) is 4.40. The molecule has 2 rings (SSSR count). The summed E-state index contributed by atoms with van der Waals surface area (Å²) < 4.78 is 5.23. The molecular weight excluding hydrogens is 422 g/mol. The summed E-state index contributed by atoms with van der Waals surface area (Å²) in [6.45, 7) is 6.98. The number of methoxy groups -OCH3 is 1. The summed E-state index contributed by atoms with van der Waals surface area (Å²) in [5, 5.41) is 3.35. The Hall–Kier alpha value is -0.630. The van der Waals surface area contributed by atoms with Crippen LogP contribution in [0, 0.1) is 0 Å². The van der Waals surface area contributed by atoms with Gasteiger partial charge < -0.3 is 20.7 Å². The summed E-state index contributed by atoms with van der Waals surface area (Å²) >= 11 is 6.02. The molecule has 0 spiro atoms. The highest BCUT2D eigenvalue weighted by Gasteiger charge is 2.20. The average molecular weight is 450 g/mol. The zero-order valence-electron chi connectivity index (χ0n) is 15.2. The lowest BCUT2D eigenvalue weighted by Gasteiger charge is -2.34. The first-order chi connectivity index (χ1) is 10.9. The fraction of sp³-hybridized carbons (Fsp3) is 0.562. The molecule has 6 nitrogen and oxygen atoms in total. The van der Waals surface area contributed by atoms with Crippen LogP contribution in [0.5, 0.6) is 5.75 Å². The predicted octanol–water partition coefficient (Wildman–Crippen LogP) is 2.56. The van der Waals surface area contributed by atoms with Gasteiger partial charge in [-0.15, -0.1) is 37.2 Å². The van der Waals surface area contributed by atoms with Crippen molar-refractivity contribution in [3.05, 3.63) is 22.7 Å². The summed E-state index contributed by atoms with van der Waals surface area (Å²) in [4.78, 5) is 17.1. The van der Waals surface area contributed by atoms with E-state index < -0.39 is 0 Å². The number of nitrogens with two attached hydrogens (primary N) is 1. The van der Waals surface area contributed by atoms with Gasteiger partial charge in [0.1, 0.15) is 5.75 Å². The SMILES string of the molecule is COc1cc(N)c(Cl)cc1C(=O)NC(C)CN1CCN(C)CC1.Cl.Cl.Cl. The lowest BCUT2D eigenvalue weighted by atomic mass is 10.1. The van der Waals surface area contributed by atoms with E-state index in [9.17, 15) is 4.79 Å². The number of hydrogen-bond acceptors (Lipinski definition) is 5. The monoisotopic (exact) mass is 448 g/mol. The van der Waals surface area contributed by atoms with Crippen LogP contribution in [0.4, 0.5) is 5.69 Å². The number of carbonyl (C=O) groups is 1. The summed E-state index contributed by atoms with van der Waals surface area (Å²) in [5.74, 6) is 0.224. The predicted molar refractivity (Wildman–Crippen MR) is 115 cm³/mol. The number of nitrogen functional groups attached to an aromatic ring is 1. The van der Waals surface area contributed by atoms with Gasteiger partial charge in [-0.3, -0.25) is 9.69 Å². The summed E-state index contributed by atoms with van der Waals surface area (Å²) in [7, 11) is 3.63. The number of nitrogens with one attached hydrogen (secondary N) is 1. The zero-order valence-corrected chi connectivity index (χ0v) is 18.4. The first-order valence-electron chi connectivity index (χ1n) is 7.75. The van der Waals surface area contributed by atoms with Crippen LogP contribution in [0.1, 0.15) is 17.3 Å². The molecule has 1 saturated heterocycles. The van der Waals surface area contributed by atoms with Gasteiger partial charge in [-0.1, -0.05) is 11.6 Å². The quantitative estimate of drug-likeness (QED) is 0.676. The molecule has 1 atom stereocenters. The lowest BCUT2D eigenvalue weighted by molar-refractivity contribution is 0.0911. The van der Waals surface area contributed by atoms with Gasteiger partial charge in [0.2, 0.25) is 0 Å². The molecule has 0 bridgehead atoms. The van der Waals surface area contributed by atoms with E-state index in [0.29, 0.717) is 22.0 Å². The summed E-state index contributed by atoms with van der Waals surface area (Å²) in [6, 6.07) is 3.16. The van der Waals surface area contributed by atoms with Crippen molar-refractivity contribution >= 4 is 60.4 Å². The van der Waals surface area contributed by atoms with Crippen molar-refractivity contribution < 1.29 is 9.53 Å². The molecule has 0 aromatic heterocycles. The number of hydrogen-bond donors (Lipinski definition) is 2. The highest BCUT2D eigenvalue weighted by molar-refractivity contribution is 6.33. The second kappa shape index (κ2) is 12.7. The number of piperazine rings is 1. The maximum absolute atomic E-state index is 12.5. The Morgan fingerprint density at radius 1 is 1.27 bits per heavy atom. The Morgan fingerprint density at radius 2 is 1.85 bits per heavy atom. The first-order valence-corrected chi connectivity index (χ1v) is 8.13. The number of carbonyl (C=O) groups excluding carboxylic acids is 1. The third-order valence-electron chi connectivity index (χ3n) is 4.07. The number of likely N-dealkylation sites (N-methyl/N-ethyl adjacent to an activating group) is 1. The second-order valence-electron chi connectivity index (χ2n) is 6.05. The fourth-order valence-corrected chi connectivity index (χ4v) is 2.84. The van der Waals surface area contributed by atoms with Crippen molar-refractivity contribution in [1.82, 2.24) is 15.1 Å². The molecule has 0 radical (unpaired) electrons. The van der Waals surface area contributed by atoms with E-state index in [1.165, 1.54) is 7.11 Å². The Labute approximate surface area is 179 Å². The molecule has 1 amide bonds. The summed E-state index contributed by atoms with van der Waals surface area (Å²) in [6.07, 6.45) is 0. The molecule has 10 heteroatoms. The van der Waals surface area contributed by atoms with Gasteiger partial charge in [0, 0.05) is 44.8 Å². The fourth-order valence-electron chi connectivity index (χ4n) is 2.68. The van der Waals surface area contributed by atoms with Crippen LogP contribution in [-0.4, -0.2) is 68.6 Å². The molecule has 26 heavy (non-hydrogen) atoms. The molecule has 1 aromatic carbocycles. The van der Waals surface area contributed by atoms with Crippen LogP contribution < -0.4 is 15.8 Å². The minimum absolute atomic E-state index is 0. The van der Waals surface area contributed by atoms with Crippen molar-refractivity contribution in [1.29, 1.82) is 0 Å². The van der Waals surface area contributed by atoms with Gasteiger partial charge in [0.05, 0.1) is 23.4 Å². The smallest absolute Gasteiger partial charge is 0.255 e. The number of rotatable bonds is 5. The number of ether oxygens (including phenoxy) is 1. The molecular formula is C16H28Cl4N4O2. The van der Waals surface area contributed by atoms with Gasteiger partial charge in [-0.05, 0) is 20.0 Å². The van der Waals surface area contributed by atoms with Crippen molar-refractivity contribution in [3.63, 3.8) is 0 Å². The highest BCUT2D eigenvalue weighted by atomic mass is 35.5. The van der Waals surface area contributed by atoms with E-state index in [1.54, 1.807) is 12.1 Å². The molecule has 3 N–H and O–H groups in total. The van der Waals surface area contributed by atoms with E-state index in [4.69, 9.17) is 22.1 Å². The van der Waals surface area contributed by atoms with Crippen molar-refractivity contribution in [2.75, 3.05) is 52.6 Å². The first kappa shape index (κ1) is 27.6. The van der Waals surface area contributed by atoms with E-state index in [0.717, 1.165) is 32.7 Å². The van der Waals surface area contributed by atoms with E-state index >= 15 is 0 Å². The van der Waals surface area contributed by atoms with Gasteiger partial charge in [0.15, 0.2) is 0 Å². The molecule has 1 heterocycles. The lowest BCUT2D eigenvalue weighted by Crippen LogP contribution is -2.49. The van der Waals surface area contributed by atoms with Crippen molar-refractivity contribution in [2.24, 2.45) is 0 Å². The van der Waals surface area contributed by atoms with Gasteiger partial charge in [0.25, 0.3) is 5.91 Å². The number of halogens is 4. The van der Waals surface area contributed by atoms with Crippen LogP contribution >= 0.6 is 48.8 Å². The normalized spacial score (nSPS) is 15.7. The molecule has 1 fully saturated rings. The summed E-state index contributed by atoms with van der Waals surface area (Å²) in [5.41, 5.74) is 6.54. The molecule has 1 unspecified atom stereocenters. The van der Waals surface area contributed by atoms with E-state index in [-0.39, 0.29) is 49.2 Å². The van der Waals surface area contributed by atoms with Gasteiger partial charge in [-0.2, -0.15) is 0 Å². The average Bonchev–Trinajstić information content (AvgIpc) is 2.51. The van der Waals surface area contributed by atoms with Crippen LogP contribution in [0.3, 0.4) is 0 Å². The Morgan fingerprint density at radius 3 is 2.38 bits per heavy atom. The zero-order chi connectivity index (χ0) is 17.0. The standard InChI is InChI=1S/C16H25ClN4O2.3ClH/c1-11(10-21-6-4-20(2)5-7-21)19-16(22)12-8-13(17)14(18)9-15(12)23-3;;;/h8-9,11H,4-7,10,18H2,1-3H3,(H,19,22);3*1H. The Bertz CT molecular complexity index is 569. The van der Waals surface area contributed by atoms with Gasteiger partial charge in [-0.25, -0.2) is 0 Å². The van der Waals surface area contributed by atoms with Crippen LogP contribution in [0.25, 0.3) is 0 Å². The van der Waals surface area contributed by atoms with Crippen LogP contribution in [0.15, 0.2) is 12.1 Å². The second-order valence-corrected chi connectivity index (χ2v) is 6.46. The molecule has 0 saturated carbocycles. The van der Waals surface area contributed by atoms with Crippen LogP contribution in [0.2, 0.25) is 5.02 Å². The third kappa shape index (κ3) is 7.55.